The number of hydrogen-bond donors (Lipinski definition) is 1. The molecule has 0 rings (SSSR count). The maximum absolute atomic E-state index is 9.15. The molecule has 0 aromatic heterocycles. The van der Waals surface area contributed by atoms with E-state index in [2.05, 4.69) is 0 Å². The maximum Gasteiger partial charge on any atom is 1.00 e. The van der Waals surface area contributed by atoms with Gasteiger partial charge in [-0.2, -0.15) is 0 Å². The van der Waals surface area contributed by atoms with Crippen molar-refractivity contribution in [3.8, 4) is 0 Å². The number of hydrogen-bond acceptors (Lipinski definition) is 3. The summed E-state index contributed by atoms with van der Waals surface area (Å²) >= 11 is 0. The van der Waals surface area contributed by atoms with Gasteiger partial charge in [0.05, 0.1) is 13.9 Å². The Balaban J connectivity index is 0. The van der Waals surface area contributed by atoms with Crippen molar-refractivity contribution in [3.63, 3.8) is 0 Å². The molecule has 0 spiro atoms. The van der Waals surface area contributed by atoms with Crippen molar-refractivity contribution in [2.75, 3.05) is 6.58 Å². The zero-order chi connectivity index (χ0) is 5.15. The van der Waals surface area contributed by atoms with E-state index < -0.39 is 12.6 Å². The molecule has 0 heterocycles. The van der Waals surface area contributed by atoms with E-state index in [1.807, 2.05) is 0 Å². The van der Waals surface area contributed by atoms with Gasteiger partial charge in [-0.1, -0.05) is 0 Å². The van der Waals surface area contributed by atoms with E-state index in [-0.39, 0.29) is 29.6 Å². The average molecular weight is 99.0 g/mol. The van der Waals surface area contributed by atoms with E-state index in [4.69, 9.17) is 16.4 Å². The summed E-state index contributed by atoms with van der Waals surface area (Å²) in [6.45, 7) is -2.09. The maximum atomic E-state index is 9.15. The Morgan fingerprint density at radius 2 is 2.33 bits per heavy atom. The molecule has 0 saturated carbocycles. The van der Waals surface area contributed by atoms with Crippen molar-refractivity contribution in [2.45, 2.75) is 0 Å². The van der Waals surface area contributed by atoms with Crippen molar-refractivity contribution in [1.82, 2.24) is 0 Å². The SMILES string of the molecule is [2H]C(O)C(=O)[O-].[Na+]. The van der Waals surface area contributed by atoms with Crippen molar-refractivity contribution >= 4 is 5.97 Å². The van der Waals surface area contributed by atoms with Gasteiger partial charge in [0.2, 0.25) is 0 Å². The Bertz CT molecular complexity index is 64.0. The van der Waals surface area contributed by atoms with Gasteiger partial charge in [0.15, 0.2) is 0 Å². The van der Waals surface area contributed by atoms with Crippen LogP contribution in [-0.2, 0) is 4.79 Å². The number of carboxylic acid groups (broad SMARTS) is 1. The van der Waals surface area contributed by atoms with Crippen molar-refractivity contribution < 1.29 is 45.9 Å². The molecule has 1 N–H and O–H groups in total. The molecule has 3 nitrogen and oxygen atoms in total. The summed E-state index contributed by atoms with van der Waals surface area (Å²) in [7, 11) is 0. The number of aliphatic hydroxyl groups is 1. The molecular weight excluding hydrogens is 95.0 g/mol. The monoisotopic (exact) mass is 99.0 g/mol. The molecule has 1 unspecified atom stereocenters. The summed E-state index contributed by atoms with van der Waals surface area (Å²) in [4.78, 5) is 9.15. The second-order valence-corrected chi connectivity index (χ2v) is 0.448. The van der Waals surface area contributed by atoms with Crippen LogP contribution in [0.3, 0.4) is 0 Å². The molecule has 30 valence electrons. The molecule has 0 fully saturated rings. The van der Waals surface area contributed by atoms with Gasteiger partial charge in [0.25, 0.3) is 0 Å². The minimum Gasteiger partial charge on any atom is -0.548 e. The van der Waals surface area contributed by atoms with Gasteiger partial charge in [0, 0.05) is 0 Å². The molecule has 0 saturated heterocycles. The van der Waals surface area contributed by atoms with Gasteiger partial charge < -0.3 is 15.0 Å². The third-order valence-corrected chi connectivity index (χ3v) is 0.105. The fourth-order valence-corrected chi connectivity index (χ4v) is 0. The van der Waals surface area contributed by atoms with Crippen LogP contribution in [-0.4, -0.2) is 17.7 Å². The second kappa shape index (κ2) is 5.43. The van der Waals surface area contributed by atoms with Gasteiger partial charge >= 0.3 is 29.6 Å². The van der Waals surface area contributed by atoms with Crippen molar-refractivity contribution in [3.05, 3.63) is 0 Å². The summed E-state index contributed by atoms with van der Waals surface area (Å²) < 4.78 is 5.93. The largest absolute Gasteiger partial charge is 1.00 e. The summed E-state index contributed by atoms with van der Waals surface area (Å²) in [5.41, 5.74) is 0. The van der Waals surface area contributed by atoms with Crippen LogP contribution in [0.25, 0.3) is 0 Å². The predicted molar refractivity (Wildman–Crippen MR) is 12.1 cm³/mol. The van der Waals surface area contributed by atoms with E-state index in [9.17, 15) is 0 Å². The Morgan fingerprint density at radius 3 is 2.33 bits per heavy atom. The Labute approximate surface area is 58.7 Å². The normalized spacial score (nSPS) is 13.8. The minimum absolute atomic E-state index is 0. The van der Waals surface area contributed by atoms with Gasteiger partial charge in [-0.3, -0.25) is 0 Å². The molecule has 0 radical (unpaired) electrons. The number of carboxylic acids is 1. The topological polar surface area (TPSA) is 60.4 Å². The number of carbonyl (C=O) groups excluding carboxylic acids is 1. The zero-order valence-electron chi connectivity index (χ0n) is 4.34. The van der Waals surface area contributed by atoms with E-state index in [1.54, 1.807) is 0 Å². The first-order chi connectivity index (χ1) is 2.64. The van der Waals surface area contributed by atoms with Crippen LogP contribution in [0.5, 0.6) is 0 Å². The van der Waals surface area contributed by atoms with Gasteiger partial charge in [0.1, 0.15) is 0 Å². The molecular formula is C2H3NaO3. The number of carbonyl (C=O) groups is 1. The summed E-state index contributed by atoms with van der Waals surface area (Å²) in [5, 5.41) is 16.8. The molecule has 0 aromatic rings. The van der Waals surface area contributed by atoms with Crippen LogP contribution in [0.15, 0.2) is 0 Å². The number of aliphatic hydroxyl groups excluding tert-OH is 1. The molecule has 4 heteroatoms. The van der Waals surface area contributed by atoms with Gasteiger partial charge in [-0.25, -0.2) is 0 Å². The summed E-state index contributed by atoms with van der Waals surface area (Å²) in [5.74, 6) is -1.77. The van der Waals surface area contributed by atoms with Crippen LogP contribution in [0.1, 0.15) is 1.37 Å². The molecule has 0 bridgehead atoms. The van der Waals surface area contributed by atoms with Crippen molar-refractivity contribution in [1.29, 1.82) is 0 Å². The fourth-order valence-electron chi connectivity index (χ4n) is 0. The Hall–Kier alpha value is 0.430. The number of aliphatic carboxylic acids is 1. The van der Waals surface area contributed by atoms with Crippen LogP contribution in [0, 0.1) is 0 Å². The Morgan fingerprint density at radius 1 is 2.17 bits per heavy atom. The molecule has 0 aliphatic heterocycles. The van der Waals surface area contributed by atoms with Crippen LogP contribution in [0.4, 0.5) is 0 Å². The van der Waals surface area contributed by atoms with E-state index in [1.165, 1.54) is 0 Å². The summed E-state index contributed by atoms with van der Waals surface area (Å²) in [6.07, 6.45) is 0. The van der Waals surface area contributed by atoms with E-state index >= 15 is 0 Å². The average Bonchev–Trinajstić information content (AvgIpc) is 1.36. The van der Waals surface area contributed by atoms with Gasteiger partial charge in [-0.15, -0.1) is 0 Å². The van der Waals surface area contributed by atoms with E-state index in [0.717, 1.165) is 0 Å². The molecule has 6 heavy (non-hydrogen) atoms. The molecule has 0 aliphatic carbocycles. The molecule has 0 amide bonds. The predicted octanol–water partition coefficient (Wildman–Crippen LogP) is -5.27. The minimum atomic E-state index is -2.09. The second-order valence-electron chi connectivity index (χ2n) is 0.448. The fraction of sp³-hybridized carbons (Fsp3) is 0.500. The van der Waals surface area contributed by atoms with Crippen molar-refractivity contribution in [2.24, 2.45) is 0 Å². The zero-order valence-corrected chi connectivity index (χ0v) is 5.34. The summed E-state index contributed by atoms with van der Waals surface area (Å²) in [6, 6.07) is 0. The third-order valence-electron chi connectivity index (χ3n) is 0.105. The first kappa shape index (κ1) is 6.43. The van der Waals surface area contributed by atoms with Crippen LogP contribution >= 0.6 is 0 Å². The van der Waals surface area contributed by atoms with Gasteiger partial charge in [-0.05, 0) is 0 Å². The van der Waals surface area contributed by atoms with Crippen LogP contribution < -0.4 is 34.7 Å². The quantitative estimate of drug-likeness (QED) is 0.334. The van der Waals surface area contributed by atoms with E-state index in [0.29, 0.717) is 0 Å². The standard InChI is InChI=1S/C2H4O3.Na/c3-1-2(4)5;/h3H,1H2,(H,4,5);/q;+1/p-1/i1D;. The molecule has 1 atom stereocenters. The first-order valence-electron chi connectivity index (χ1n) is 1.53. The third kappa shape index (κ3) is 8.83. The first-order valence-corrected chi connectivity index (χ1v) is 0.955. The smallest absolute Gasteiger partial charge is 0.548 e. The number of rotatable bonds is 1. The molecule has 0 aromatic carbocycles. The van der Waals surface area contributed by atoms with Crippen LogP contribution in [0.2, 0.25) is 0 Å². The molecule has 0 aliphatic rings. The Kier molecular flexibility index (Phi) is 5.82.